The molecule has 0 bridgehead atoms. The summed E-state index contributed by atoms with van der Waals surface area (Å²) in [7, 11) is -3.84. The van der Waals surface area contributed by atoms with Crippen LogP contribution in [0.4, 0.5) is 5.69 Å². The summed E-state index contributed by atoms with van der Waals surface area (Å²) in [6.07, 6.45) is 1.43. The van der Waals surface area contributed by atoms with Gasteiger partial charge in [-0.25, -0.2) is 13.6 Å². The number of benzene rings is 3. The normalized spacial score (nSPS) is 11.5. The summed E-state index contributed by atoms with van der Waals surface area (Å²) >= 11 is 3.39. The van der Waals surface area contributed by atoms with Crippen molar-refractivity contribution in [2.45, 2.75) is 11.5 Å². The van der Waals surface area contributed by atoms with Crippen LogP contribution >= 0.6 is 15.9 Å². The maximum Gasteiger partial charge on any atom is 0.266 e. The van der Waals surface area contributed by atoms with Crippen molar-refractivity contribution in [3.63, 3.8) is 0 Å². The van der Waals surface area contributed by atoms with Gasteiger partial charge in [0.2, 0.25) is 10.0 Å². The lowest BCUT2D eigenvalue weighted by Gasteiger charge is -2.11. The molecular weight excluding hydrogens is 494 g/mol. The first-order valence-corrected chi connectivity index (χ1v) is 11.6. The third kappa shape index (κ3) is 6.28. The van der Waals surface area contributed by atoms with Gasteiger partial charge in [0.05, 0.1) is 4.90 Å². The van der Waals surface area contributed by atoms with E-state index >= 15 is 0 Å². The van der Waals surface area contributed by atoms with E-state index in [-0.39, 0.29) is 10.5 Å². The van der Waals surface area contributed by atoms with E-state index in [1.165, 1.54) is 30.3 Å². The minimum Gasteiger partial charge on any atom is -0.488 e. The van der Waals surface area contributed by atoms with Crippen molar-refractivity contribution in [2.24, 2.45) is 5.14 Å². The Morgan fingerprint density at radius 1 is 1.09 bits per heavy atom. The van der Waals surface area contributed by atoms with Crippen LogP contribution in [0.5, 0.6) is 5.75 Å². The Balaban J connectivity index is 1.81. The van der Waals surface area contributed by atoms with Crippen LogP contribution in [0.3, 0.4) is 0 Å². The average molecular weight is 512 g/mol. The number of nitrogens with one attached hydrogen (secondary N) is 1. The van der Waals surface area contributed by atoms with Crippen molar-refractivity contribution < 1.29 is 17.9 Å². The Morgan fingerprint density at radius 3 is 2.41 bits per heavy atom. The van der Waals surface area contributed by atoms with E-state index in [1.807, 2.05) is 36.4 Å². The highest BCUT2D eigenvalue weighted by molar-refractivity contribution is 9.10. The van der Waals surface area contributed by atoms with Crippen molar-refractivity contribution in [2.75, 3.05) is 5.32 Å². The molecule has 3 aromatic rings. The molecule has 162 valence electrons. The molecule has 3 aromatic carbocycles. The fourth-order valence-corrected chi connectivity index (χ4v) is 3.62. The first kappa shape index (κ1) is 23.2. The van der Waals surface area contributed by atoms with Crippen LogP contribution in [-0.4, -0.2) is 14.3 Å². The van der Waals surface area contributed by atoms with Gasteiger partial charge in [0.15, 0.2) is 0 Å². The van der Waals surface area contributed by atoms with Crippen molar-refractivity contribution in [1.82, 2.24) is 0 Å². The molecule has 0 saturated heterocycles. The van der Waals surface area contributed by atoms with Gasteiger partial charge in [0, 0.05) is 15.7 Å². The number of anilines is 1. The van der Waals surface area contributed by atoms with Gasteiger partial charge in [-0.2, -0.15) is 5.26 Å². The molecular formula is C23H18BrN3O4S. The minimum atomic E-state index is -3.84. The number of nitrogens with zero attached hydrogens (tertiary/aromatic N) is 1. The number of carbonyl (C=O) groups excluding carboxylic acids is 1. The molecule has 0 aliphatic heterocycles. The van der Waals surface area contributed by atoms with Gasteiger partial charge in [-0.15, -0.1) is 0 Å². The SMILES string of the molecule is N#CC(=Cc1cc(Br)ccc1OCc1ccccc1)C(=O)Nc1ccc(S(N)(=O)=O)cc1. The number of hydrogen-bond acceptors (Lipinski definition) is 5. The number of rotatable bonds is 7. The zero-order valence-corrected chi connectivity index (χ0v) is 19.1. The molecule has 3 rings (SSSR count). The minimum absolute atomic E-state index is 0.0825. The van der Waals surface area contributed by atoms with Gasteiger partial charge in [0.25, 0.3) is 5.91 Å². The molecule has 0 aliphatic rings. The number of sulfonamides is 1. The second-order valence-corrected chi connectivity index (χ2v) is 9.13. The van der Waals surface area contributed by atoms with E-state index in [1.54, 1.807) is 18.2 Å². The molecule has 0 spiro atoms. The molecule has 0 aliphatic carbocycles. The molecule has 0 saturated carbocycles. The van der Waals surface area contributed by atoms with Gasteiger partial charge in [-0.3, -0.25) is 4.79 Å². The van der Waals surface area contributed by atoms with Crippen LogP contribution in [0, 0.1) is 11.3 Å². The highest BCUT2D eigenvalue weighted by atomic mass is 79.9. The number of primary sulfonamides is 1. The third-order valence-corrected chi connectivity index (χ3v) is 5.74. The summed E-state index contributed by atoms with van der Waals surface area (Å²) in [4.78, 5) is 12.5. The van der Waals surface area contributed by atoms with E-state index in [0.717, 1.165) is 10.0 Å². The van der Waals surface area contributed by atoms with Crippen LogP contribution in [0.2, 0.25) is 0 Å². The zero-order valence-electron chi connectivity index (χ0n) is 16.7. The number of halogens is 1. The lowest BCUT2D eigenvalue weighted by Crippen LogP contribution is -2.14. The highest BCUT2D eigenvalue weighted by Gasteiger charge is 2.13. The van der Waals surface area contributed by atoms with Gasteiger partial charge in [0.1, 0.15) is 24.0 Å². The quantitative estimate of drug-likeness (QED) is 0.363. The van der Waals surface area contributed by atoms with E-state index in [2.05, 4.69) is 21.2 Å². The Hall–Kier alpha value is -3.45. The standard InChI is InChI=1S/C23H18BrN3O4S/c24-19-6-11-22(31-15-16-4-2-1-3-5-16)17(13-19)12-18(14-25)23(28)27-20-7-9-21(10-8-20)32(26,29)30/h1-13H,15H2,(H,27,28)(H2,26,29,30). The van der Waals surface area contributed by atoms with Crippen molar-refractivity contribution in [1.29, 1.82) is 5.26 Å². The Labute approximate surface area is 194 Å². The van der Waals surface area contributed by atoms with Crippen LogP contribution in [-0.2, 0) is 21.4 Å². The van der Waals surface area contributed by atoms with E-state index in [0.29, 0.717) is 23.6 Å². The molecule has 9 heteroatoms. The number of ether oxygens (including phenoxy) is 1. The summed E-state index contributed by atoms with van der Waals surface area (Å²) < 4.78 is 29.3. The molecule has 0 radical (unpaired) electrons. The van der Waals surface area contributed by atoms with Crippen LogP contribution in [0.25, 0.3) is 6.08 Å². The van der Waals surface area contributed by atoms with E-state index in [4.69, 9.17) is 9.88 Å². The number of nitrogens with two attached hydrogens (primary N) is 1. The van der Waals surface area contributed by atoms with E-state index < -0.39 is 15.9 Å². The number of nitriles is 1. The molecule has 0 heterocycles. The molecule has 7 nitrogen and oxygen atoms in total. The van der Waals surface area contributed by atoms with Crippen molar-refractivity contribution in [3.05, 3.63) is 94.0 Å². The predicted molar refractivity (Wildman–Crippen MR) is 125 cm³/mol. The van der Waals surface area contributed by atoms with E-state index in [9.17, 15) is 18.5 Å². The number of carbonyl (C=O) groups is 1. The summed E-state index contributed by atoms with van der Waals surface area (Å²) in [6.45, 7) is 0.327. The second kappa shape index (κ2) is 10.2. The lowest BCUT2D eigenvalue weighted by molar-refractivity contribution is -0.112. The molecule has 0 atom stereocenters. The van der Waals surface area contributed by atoms with Crippen molar-refractivity contribution >= 4 is 43.6 Å². The zero-order chi connectivity index (χ0) is 23.1. The maximum absolute atomic E-state index is 12.6. The number of hydrogen-bond donors (Lipinski definition) is 2. The Kier molecular flexibility index (Phi) is 7.43. The van der Waals surface area contributed by atoms with Crippen molar-refractivity contribution in [3.8, 4) is 11.8 Å². The molecule has 0 aromatic heterocycles. The summed E-state index contributed by atoms with van der Waals surface area (Å²) in [6, 6.07) is 22.1. The molecule has 1 amide bonds. The van der Waals surface area contributed by atoms with Gasteiger partial charge >= 0.3 is 0 Å². The summed E-state index contributed by atoms with van der Waals surface area (Å²) in [5.74, 6) is -0.139. The van der Waals surface area contributed by atoms with Gasteiger partial charge < -0.3 is 10.1 Å². The number of amides is 1. The third-order valence-electron chi connectivity index (χ3n) is 4.31. The smallest absolute Gasteiger partial charge is 0.266 e. The van der Waals surface area contributed by atoms with Crippen LogP contribution < -0.4 is 15.2 Å². The monoisotopic (exact) mass is 511 g/mol. The second-order valence-electron chi connectivity index (χ2n) is 6.65. The Morgan fingerprint density at radius 2 is 1.78 bits per heavy atom. The molecule has 3 N–H and O–H groups in total. The molecule has 0 unspecified atom stereocenters. The average Bonchev–Trinajstić information content (AvgIpc) is 2.77. The lowest BCUT2D eigenvalue weighted by atomic mass is 10.1. The predicted octanol–water partition coefficient (Wildman–Crippen LogP) is 4.22. The van der Waals surface area contributed by atoms with Crippen LogP contribution in [0.1, 0.15) is 11.1 Å². The fourth-order valence-electron chi connectivity index (χ4n) is 2.73. The first-order chi connectivity index (χ1) is 15.3. The Bertz CT molecular complexity index is 1300. The summed E-state index contributed by atoms with van der Waals surface area (Å²) in [5.41, 5.74) is 1.69. The van der Waals surface area contributed by atoms with Crippen LogP contribution in [0.15, 0.2) is 87.7 Å². The van der Waals surface area contributed by atoms with Gasteiger partial charge in [-0.05, 0) is 54.1 Å². The topological polar surface area (TPSA) is 122 Å². The fraction of sp³-hybridized carbons (Fsp3) is 0.0435. The largest absolute Gasteiger partial charge is 0.488 e. The first-order valence-electron chi connectivity index (χ1n) is 9.28. The maximum atomic E-state index is 12.6. The molecule has 0 fully saturated rings. The summed E-state index contributed by atoms with van der Waals surface area (Å²) in [5, 5.41) is 17.2. The molecule has 32 heavy (non-hydrogen) atoms. The van der Waals surface area contributed by atoms with Gasteiger partial charge in [-0.1, -0.05) is 46.3 Å². The highest BCUT2D eigenvalue weighted by Crippen LogP contribution is 2.27.